The van der Waals surface area contributed by atoms with E-state index in [1.165, 1.54) is 0 Å². The first-order valence-electron chi connectivity index (χ1n) is 7.32. The van der Waals surface area contributed by atoms with Gasteiger partial charge in [0.25, 0.3) is 0 Å². The summed E-state index contributed by atoms with van der Waals surface area (Å²) >= 11 is 3.43. The Bertz CT molecular complexity index is 559. The maximum Gasteiger partial charge on any atom is 0.239 e. The van der Waals surface area contributed by atoms with E-state index in [0.29, 0.717) is 13.0 Å². The van der Waals surface area contributed by atoms with Gasteiger partial charge in [0.05, 0.1) is 0 Å². The third-order valence-electron chi connectivity index (χ3n) is 3.99. The summed E-state index contributed by atoms with van der Waals surface area (Å²) in [7, 11) is 0. The molecule has 2 rings (SSSR count). The van der Waals surface area contributed by atoms with E-state index in [4.69, 9.17) is 0 Å². The number of halogens is 1. The van der Waals surface area contributed by atoms with Gasteiger partial charge >= 0.3 is 0 Å². The van der Waals surface area contributed by atoms with Gasteiger partial charge in [-0.2, -0.15) is 0 Å². The molecule has 1 N–H and O–H groups in total. The number of hydrogen-bond acceptors (Lipinski definition) is 2. The summed E-state index contributed by atoms with van der Waals surface area (Å²) in [5.74, 6) is -0.807. The molecule has 4 nitrogen and oxygen atoms in total. The zero-order valence-electron chi connectivity index (χ0n) is 12.6. The maximum atomic E-state index is 12.5. The average Bonchev–Trinajstić information content (AvgIpc) is 2.83. The summed E-state index contributed by atoms with van der Waals surface area (Å²) in [5, 5.41) is 2.90. The van der Waals surface area contributed by atoms with Crippen LogP contribution >= 0.6 is 15.9 Å². The van der Waals surface area contributed by atoms with Gasteiger partial charge in [-0.15, -0.1) is 0 Å². The van der Waals surface area contributed by atoms with Crippen LogP contribution in [0.3, 0.4) is 0 Å². The van der Waals surface area contributed by atoms with Crippen molar-refractivity contribution in [1.82, 2.24) is 5.32 Å². The van der Waals surface area contributed by atoms with Gasteiger partial charge in [-0.3, -0.25) is 9.59 Å². The Hall–Kier alpha value is -1.36. The van der Waals surface area contributed by atoms with Crippen LogP contribution in [0.4, 0.5) is 5.69 Å². The quantitative estimate of drug-likeness (QED) is 0.846. The number of carbonyl (C=O) groups excluding carboxylic acids is 2. The van der Waals surface area contributed by atoms with Crippen molar-refractivity contribution in [2.75, 3.05) is 11.4 Å². The first kappa shape index (κ1) is 16.0. The van der Waals surface area contributed by atoms with Gasteiger partial charge in [-0.05, 0) is 44.4 Å². The van der Waals surface area contributed by atoms with Crippen molar-refractivity contribution in [3.63, 3.8) is 0 Å². The van der Waals surface area contributed by atoms with Crippen molar-refractivity contribution in [1.29, 1.82) is 0 Å². The lowest BCUT2D eigenvalue weighted by Crippen LogP contribution is -2.40. The number of nitrogens with one attached hydrogen (secondary N) is 1. The molecule has 0 bridgehead atoms. The molecule has 2 amide bonds. The first-order valence-corrected chi connectivity index (χ1v) is 8.11. The van der Waals surface area contributed by atoms with Crippen molar-refractivity contribution >= 4 is 33.4 Å². The minimum Gasteiger partial charge on any atom is -0.353 e. The van der Waals surface area contributed by atoms with Gasteiger partial charge in [-0.1, -0.05) is 28.9 Å². The Labute approximate surface area is 134 Å². The molecule has 114 valence electrons. The van der Waals surface area contributed by atoms with Gasteiger partial charge in [0.15, 0.2) is 0 Å². The summed E-state index contributed by atoms with van der Waals surface area (Å²) in [6.45, 7) is 6.53. The van der Waals surface area contributed by atoms with Crippen molar-refractivity contribution < 1.29 is 9.59 Å². The van der Waals surface area contributed by atoms with Gasteiger partial charge < -0.3 is 10.2 Å². The third-order valence-corrected chi connectivity index (χ3v) is 4.48. The number of aryl methyl sites for hydroxylation is 1. The molecule has 1 saturated heterocycles. The maximum absolute atomic E-state index is 12.5. The molecule has 1 aromatic carbocycles. The van der Waals surface area contributed by atoms with Crippen LogP contribution in [0.2, 0.25) is 0 Å². The lowest BCUT2D eigenvalue weighted by atomic mass is 10.1. The van der Waals surface area contributed by atoms with Crippen LogP contribution in [0.1, 0.15) is 32.3 Å². The van der Waals surface area contributed by atoms with Crippen LogP contribution in [0.5, 0.6) is 0 Å². The standard InChI is InChI=1S/C16H21BrN2O2/c1-4-11(3)18-15(20)13-7-8-19(16(13)21)14-9-12(17)6-5-10(14)2/h5-6,9,11,13H,4,7-8H2,1-3H3,(H,18,20)/t11-,13+/m0/s1. The molecule has 0 saturated carbocycles. The fourth-order valence-corrected chi connectivity index (χ4v) is 2.83. The molecule has 2 atom stereocenters. The number of benzene rings is 1. The third kappa shape index (κ3) is 3.46. The van der Waals surface area contributed by atoms with E-state index in [0.717, 1.165) is 22.1 Å². The van der Waals surface area contributed by atoms with Crippen LogP contribution in [-0.2, 0) is 9.59 Å². The number of hydrogen-bond donors (Lipinski definition) is 1. The summed E-state index contributed by atoms with van der Waals surface area (Å²) in [6, 6.07) is 5.96. The Kier molecular flexibility index (Phi) is 5.04. The Morgan fingerprint density at radius 3 is 2.90 bits per heavy atom. The molecule has 0 unspecified atom stereocenters. The molecule has 1 aliphatic rings. The average molecular weight is 353 g/mol. The topological polar surface area (TPSA) is 49.4 Å². The summed E-state index contributed by atoms with van der Waals surface area (Å²) in [5.41, 5.74) is 1.92. The highest BCUT2D eigenvalue weighted by molar-refractivity contribution is 9.10. The second-order valence-electron chi connectivity index (χ2n) is 5.58. The number of amides is 2. The second kappa shape index (κ2) is 6.60. The van der Waals surface area contributed by atoms with E-state index in [1.54, 1.807) is 4.90 Å². The molecule has 1 aromatic rings. The van der Waals surface area contributed by atoms with Crippen LogP contribution in [0, 0.1) is 12.8 Å². The van der Waals surface area contributed by atoms with Crippen molar-refractivity contribution in [2.24, 2.45) is 5.92 Å². The fourth-order valence-electron chi connectivity index (χ4n) is 2.48. The van der Waals surface area contributed by atoms with Crippen LogP contribution < -0.4 is 10.2 Å². The highest BCUT2D eigenvalue weighted by atomic mass is 79.9. The molecule has 0 aromatic heterocycles. The zero-order valence-corrected chi connectivity index (χ0v) is 14.2. The Morgan fingerprint density at radius 1 is 1.52 bits per heavy atom. The molecule has 21 heavy (non-hydrogen) atoms. The number of rotatable bonds is 4. The molecule has 5 heteroatoms. The summed E-state index contributed by atoms with van der Waals surface area (Å²) in [6.07, 6.45) is 1.44. The minimum absolute atomic E-state index is 0.1000. The molecule has 0 spiro atoms. The monoisotopic (exact) mass is 352 g/mol. The van der Waals surface area contributed by atoms with E-state index in [-0.39, 0.29) is 17.9 Å². The van der Waals surface area contributed by atoms with Crippen LogP contribution in [0.15, 0.2) is 22.7 Å². The van der Waals surface area contributed by atoms with E-state index in [2.05, 4.69) is 21.2 Å². The number of anilines is 1. The second-order valence-corrected chi connectivity index (χ2v) is 6.50. The van der Waals surface area contributed by atoms with E-state index in [9.17, 15) is 9.59 Å². The molecule has 1 heterocycles. The molecular weight excluding hydrogens is 332 g/mol. The Morgan fingerprint density at radius 2 is 2.24 bits per heavy atom. The van der Waals surface area contributed by atoms with E-state index in [1.807, 2.05) is 39.0 Å². The molecule has 0 radical (unpaired) electrons. The molecule has 1 aliphatic heterocycles. The lowest BCUT2D eigenvalue weighted by molar-refractivity contribution is -0.132. The van der Waals surface area contributed by atoms with Gasteiger partial charge in [0.1, 0.15) is 5.92 Å². The molecule has 0 aliphatic carbocycles. The van der Waals surface area contributed by atoms with Gasteiger partial charge in [0, 0.05) is 22.7 Å². The minimum atomic E-state index is -0.558. The van der Waals surface area contributed by atoms with E-state index >= 15 is 0 Å². The highest BCUT2D eigenvalue weighted by Gasteiger charge is 2.38. The lowest BCUT2D eigenvalue weighted by Gasteiger charge is -2.20. The highest BCUT2D eigenvalue weighted by Crippen LogP contribution is 2.30. The number of carbonyl (C=O) groups is 2. The normalized spacial score (nSPS) is 19.7. The van der Waals surface area contributed by atoms with Gasteiger partial charge in [-0.25, -0.2) is 0 Å². The fraction of sp³-hybridized carbons (Fsp3) is 0.500. The smallest absolute Gasteiger partial charge is 0.239 e. The molecule has 1 fully saturated rings. The van der Waals surface area contributed by atoms with Crippen molar-refractivity contribution in [3.8, 4) is 0 Å². The predicted octanol–water partition coefficient (Wildman–Crippen LogP) is 3.03. The zero-order chi connectivity index (χ0) is 15.6. The molecular formula is C16H21BrN2O2. The van der Waals surface area contributed by atoms with Crippen molar-refractivity contribution in [2.45, 2.75) is 39.7 Å². The Balaban J connectivity index is 2.14. The summed E-state index contributed by atoms with van der Waals surface area (Å²) < 4.78 is 0.934. The van der Waals surface area contributed by atoms with Crippen LogP contribution in [-0.4, -0.2) is 24.4 Å². The summed E-state index contributed by atoms with van der Waals surface area (Å²) in [4.78, 5) is 26.4. The predicted molar refractivity (Wildman–Crippen MR) is 87.2 cm³/mol. The SMILES string of the molecule is CC[C@H](C)NC(=O)[C@H]1CCN(c2cc(Br)ccc2C)C1=O. The largest absolute Gasteiger partial charge is 0.353 e. The number of nitrogens with zero attached hydrogens (tertiary/aromatic N) is 1. The van der Waals surface area contributed by atoms with Crippen molar-refractivity contribution in [3.05, 3.63) is 28.2 Å². The van der Waals surface area contributed by atoms with Crippen LogP contribution in [0.25, 0.3) is 0 Å². The first-order chi connectivity index (χ1) is 9.93. The van der Waals surface area contributed by atoms with E-state index < -0.39 is 5.92 Å². The van der Waals surface area contributed by atoms with Gasteiger partial charge in [0.2, 0.25) is 11.8 Å².